The van der Waals surface area contributed by atoms with E-state index in [1.807, 2.05) is 0 Å². The molecular weight excluding hydrogens is 229 g/mol. The Hall–Kier alpha value is -2.16. The number of hydrogen-bond acceptors (Lipinski definition) is 2. The van der Waals surface area contributed by atoms with E-state index in [-0.39, 0.29) is 11.6 Å². The average Bonchev–Trinajstić information content (AvgIpc) is 2.35. The van der Waals surface area contributed by atoms with Crippen molar-refractivity contribution in [3.05, 3.63) is 64.5 Å². The second-order valence-corrected chi connectivity index (χ2v) is 4.31. The number of carbonyl (C=O) groups is 1. The topological polar surface area (TPSA) is 43.1 Å². The van der Waals surface area contributed by atoms with Gasteiger partial charge < -0.3 is 5.73 Å². The van der Waals surface area contributed by atoms with Gasteiger partial charge in [0.2, 0.25) is 0 Å². The molecule has 18 heavy (non-hydrogen) atoms. The van der Waals surface area contributed by atoms with E-state index in [1.54, 1.807) is 38.1 Å². The number of rotatable bonds is 2. The Morgan fingerprint density at radius 1 is 1.17 bits per heavy atom. The molecule has 0 aliphatic carbocycles. The molecule has 2 aromatic carbocycles. The van der Waals surface area contributed by atoms with Crippen molar-refractivity contribution in [3.8, 4) is 0 Å². The van der Waals surface area contributed by atoms with Crippen LogP contribution in [-0.4, -0.2) is 5.78 Å². The van der Waals surface area contributed by atoms with Gasteiger partial charge in [0, 0.05) is 16.8 Å². The number of carbonyl (C=O) groups excluding carboxylic acids is 1. The summed E-state index contributed by atoms with van der Waals surface area (Å²) in [6.45, 7) is 3.44. The Kier molecular flexibility index (Phi) is 3.15. The maximum atomic E-state index is 13.2. The molecule has 0 amide bonds. The van der Waals surface area contributed by atoms with Gasteiger partial charge in [0.05, 0.1) is 0 Å². The number of halogens is 1. The summed E-state index contributed by atoms with van der Waals surface area (Å²) < 4.78 is 13.2. The minimum atomic E-state index is -0.309. The maximum absolute atomic E-state index is 13.2. The van der Waals surface area contributed by atoms with E-state index < -0.39 is 0 Å². The van der Waals surface area contributed by atoms with E-state index >= 15 is 0 Å². The molecule has 92 valence electrons. The highest BCUT2D eigenvalue weighted by Gasteiger charge is 2.13. The molecule has 0 aliphatic heterocycles. The highest BCUT2D eigenvalue weighted by Crippen LogP contribution is 2.20. The van der Waals surface area contributed by atoms with Crippen LogP contribution in [0, 0.1) is 19.7 Å². The number of aryl methyl sites for hydroxylation is 1. The average molecular weight is 243 g/mol. The first-order valence-electron chi connectivity index (χ1n) is 5.66. The van der Waals surface area contributed by atoms with Crippen LogP contribution < -0.4 is 5.73 Å². The van der Waals surface area contributed by atoms with E-state index in [0.717, 1.165) is 5.56 Å². The Morgan fingerprint density at radius 2 is 1.89 bits per heavy atom. The molecule has 0 spiro atoms. The van der Waals surface area contributed by atoms with Crippen molar-refractivity contribution in [2.75, 3.05) is 5.73 Å². The van der Waals surface area contributed by atoms with Gasteiger partial charge in [0.1, 0.15) is 5.82 Å². The summed E-state index contributed by atoms with van der Waals surface area (Å²) in [5.41, 5.74) is 8.61. The van der Waals surface area contributed by atoms with Gasteiger partial charge in [0.25, 0.3) is 0 Å². The zero-order valence-electron chi connectivity index (χ0n) is 10.3. The van der Waals surface area contributed by atoms with E-state index in [2.05, 4.69) is 0 Å². The standard InChI is InChI=1S/C15H14FNO/c1-9-8-11(6-7-13(9)16)15(18)12-4-3-5-14(17)10(12)2/h3-8H,17H2,1-2H3. The molecule has 0 heterocycles. The van der Waals surface area contributed by atoms with Gasteiger partial charge in [0.15, 0.2) is 5.78 Å². The number of nitrogens with two attached hydrogens (primary N) is 1. The maximum Gasteiger partial charge on any atom is 0.193 e. The Labute approximate surface area is 105 Å². The van der Waals surface area contributed by atoms with E-state index in [1.165, 1.54) is 12.1 Å². The lowest BCUT2D eigenvalue weighted by atomic mass is 9.97. The van der Waals surface area contributed by atoms with Gasteiger partial charge in [-0.15, -0.1) is 0 Å². The molecule has 2 nitrogen and oxygen atoms in total. The minimum absolute atomic E-state index is 0.136. The molecule has 0 aliphatic rings. The number of ketones is 1. The summed E-state index contributed by atoms with van der Waals surface area (Å²) in [7, 11) is 0. The molecule has 0 aromatic heterocycles. The van der Waals surface area contributed by atoms with Gasteiger partial charge in [-0.2, -0.15) is 0 Å². The molecule has 2 aromatic rings. The largest absolute Gasteiger partial charge is 0.398 e. The summed E-state index contributed by atoms with van der Waals surface area (Å²) in [6, 6.07) is 9.58. The summed E-state index contributed by atoms with van der Waals surface area (Å²) in [6.07, 6.45) is 0. The Morgan fingerprint density at radius 3 is 2.56 bits per heavy atom. The molecule has 0 saturated heterocycles. The number of benzene rings is 2. The van der Waals surface area contributed by atoms with Crippen LogP contribution in [0.15, 0.2) is 36.4 Å². The fourth-order valence-corrected chi connectivity index (χ4v) is 1.84. The van der Waals surface area contributed by atoms with Crippen LogP contribution in [0.2, 0.25) is 0 Å². The van der Waals surface area contributed by atoms with Crippen LogP contribution in [0.4, 0.5) is 10.1 Å². The monoisotopic (exact) mass is 243 g/mol. The third-order valence-corrected chi connectivity index (χ3v) is 3.04. The predicted octanol–water partition coefficient (Wildman–Crippen LogP) is 3.26. The fourth-order valence-electron chi connectivity index (χ4n) is 1.84. The van der Waals surface area contributed by atoms with Gasteiger partial charge >= 0.3 is 0 Å². The molecule has 0 radical (unpaired) electrons. The normalized spacial score (nSPS) is 10.4. The lowest BCUT2D eigenvalue weighted by molar-refractivity contribution is 0.103. The van der Waals surface area contributed by atoms with Crippen LogP contribution >= 0.6 is 0 Å². The van der Waals surface area contributed by atoms with Crippen molar-refractivity contribution in [1.29, 1.82) is 0 Å². The first-order chi connectivity index (χ1) is 8.50. The van der Waals surface area contributed by atoms with Gasteiger partial charge in [-0.25, -0.2) is 4.39 Å². The lowest BCUT2D eigenvalue weighted by Crippen LogP contribution is -2.06. The van der Waals surface area contributed by atoms with Crippen molar-refractivity contribution in [2.45, 2.75) is 13.8 Å². The van der Waals surface area contributed by atoms with Crippen LogP contribution in [0.5, 0.6) is 0 Å². The molecule has 0 saturated carbocycles. The third kappa shape index (κ3) is 2.12. The first kappa shape index (κ1) is 12.3. The molecule has 0 fully saturated rings. The number of anilines is 1. The molecule has 0 bridgehead atoms. The summed E-state index contributed by atoms with van der Waals surface area (Å²) in [5.74, 6) is -0.446. The molecular formula is C15H14FNO. The van der Waals surface area contributed by atoms with Crippen molar-refractivity contribution < 1.29 is 9.18 Å². The first-order valence-corrected chi connectivity index (χ1v) is 5.66. The smallest absolute Gasteiger partial charge is 0.193 e. The highest BCUT2D eigenvalue weighted by atomic mass is 19.1. The van der Waals surface area contributed by atoms with E-state index in [0.29, 0.717) is 22.4 Å². The van der Waals surface area contributed by atoms with E-state index in [4.69, 9.17) is 5.73 Å². The van der Waals surface area contributed by atoms with Crippen molar-refractivity contribution in [2.24, 2.45) is 0 Å². The van der Waals surface area contributed by atoms with Gasteiger partial charge in [-0.1, -0.05) is 12.1 Å². The van der Waals surface area contributed by atoms with Crippen molar-refractivity contribution in [1.82, 2.24) is 0 Å². The highest BCUT2D eigenvalue weighted by molar-refractivity contribution is 6.10. The molecule has 3 heteroatoms. The van der Waals surface area contributed by atoms with Crippen LogP contribution in [0.25, 0.3) is 0 Å². The van der Waals surface area contributed by atoms with Crippen LogP contribution in [0.3, 0.4) is 0 Å². The van der Waals surface area contributed by atoms with Gasteiger partial charge in [-0.3, -0.25) is 4.79 Å². The van der Waals surface area contributed by atoms with Crippen molar-refractivity contribution in [3.63, 3.8) is 0 Å². The number of nitrogen functional groups attached to an aromatic ring is 1. The second-order valence-electron chi connectivity index (χ2n) is 4.31. The quantitative estimate of drug-likeness (QED) is 0.650. The Balaban J connectivity index is 2.48. The molecule has 0 unspecified atom stereocenters. The SMILES string of the molecule is Cc1cc(C(=O)c2cccc(N)c2C)ccc1F. The van der Waals surface area contributed by atoms with Crippen LogP contribution in [-0.2, 0) is 0 Å². The van der Waals surface area contributed by atoms with Crippen LogP contribution in [0.1, 0.15) is 27.0 Å². The zero-order chi connectivity index (χ0) is 13.3. The van der Waals surface area contributed by atoms with Crippen molar-refractivity contribution >= 4 is 11.5 Å². The van der Waals surface area contributed by atoms with Gasteiger partial charge in [-0.05, 0) is 49.2 Å². The fraction of sp³-hybridized carbons (Fsp3) is 0.133. The minimum Gasteiger partial charge on any atom is -0.398 e. The van der Waals surface area contributed by atoms with E-state index in [9.17, 15) is 9.18 Å². The summed E-state index contributed by atoms with van der Waals surface area (Å²) in [5, 5.41) is 0. The summed E-state index contributed by atoms with van der Waals surface area (Å²) in [4.78, 5) is 12.3. The molecule has 2 rings (SSSR count). The molecule has 2 N–H and O–H groups in total. The number of hydrogen-bond donors (Lipinski definition) is 1. The summed E-state index contributed by atoms with van der Waals surface area (Å²) >= 11 is 0. The third-order valence-electron chi connectivity index (χ3n) is 3.04. The predicted molar refractivity (Wildman–Crippen MR) is 70.2 cm³/mol. The Bertz CT molecular complexity index is 620. The second kappa shape index (κ2) is 4.61. The lowest BCUT2D eigenvalue weighted by Gasteiger charge is -2.08. The zero-order valence-corrected chi connectivity index (χ0v) is 10.3. The molecule has 0 atom stereocenters.